The van der Waals surface area contributed by atoms with Crippen LogP contribution >= 0.6 is 0 Å². The molecule has 0 spiro atoms. The molecule has 0 aliphatic rings. The number of aryl methyl sites for hydroxylation is 1. The molecule has 2 heterocycles. The molecule has 0 unspecified atom stereocenters. The SMILES string of the molecule is [C-]#[N+]c1ccc(-c2cc(-c3nc(-c4ccccc4)cc(-c4ccccc4)n3)cc(-c3ccc(C#N)cc3)c2-n2c3ccccc3c3cc(-c4ccc(C)cc4CF)ccc32)cc1. The Balaban J connectivity index is 1.31. The summed E-state index contributed by atoms with van der Waals surface area (Å²) in [4.78, 5) is 14.2. The van der Waals surface area contributed by atoms with Gasteiger partial charge in [0.05, 0.1) is 46.3 Å². The van der Waals surface area contributed by atoms with Gasteiger partial charge in [-0.25, -0.2) is 19.2 Å². The van der Waals surface area contributed by atoms with Crippen molar-refractivity contribution in [2.24, 2.45) is 0 Å². The van der Waals surface area contributed by atoms with Crippen LogP contribution in [0.5, 0.6) is 0 Å². The molecule has 2 aromatic heterocycles. The number of hydrogen-bond donors (Lipinski definition) is 0. The third-order valence-corrected chi connectivity index (χ3v) is 11.5. The average molecular weight is 798 g/mol. The number of alkyl halides is 1. The second-order valence-corrected chi connectivity index (χ2v) is 15.3. The van der Waals surface area contributed by atoms with Gasteiger partial charge in [0.25, 0.3) is 0 Å². The third-order valence-electron chi connectivity index (χ3n) is 11.5. The Hall–Kier alpha value is -8.45. The van der Waals surface area contributed by atoms with E-state index in [0.717, 1.165) is 94.5 Å². The first-order chi connectivity index (χ1) is 30.5. The molecule has 62 heavy (non-hydrogen) atoms. The van der Waals surface area contributed by atoms with Crippen molar-refractivity contribution in [2.45, 2.75) is 13.6 Å². The summed E-state index contributed by atoms with van der Waals surface area (Å²) in [5.74, 6) is 0.555. The highest BCUT2D eigenvalue weighted by atomic mass is 19.1. The lowest BCUT2D eigenvalue weighted by molar-refractivity contribution is 0.486. The van der Waals surface area contributed by atoms with Gasteiger partial charge in [-0.05, 0) is 83.3 Å². The predicted octanol–water partition coefficient (Wildman–Crippen LogP) is 14.8. The van der Waals surface area contributed by atoms with Crippen LogP contribution in [0.2, 0.25) is 0 Å². The monoisotopic (exact) mass is 797 g/mol. The van der Waals surface area contributed by atoms with Crippen LogP contribution in [0.25, 0.3) is 99.6 Å². The van der Waals surface area contributed by atoms with E-state index in [-0.39, 0.29) is 0 Å². The van der Waals surface area contributed by atoms with Gasteiger partial charge in [-0.1, -0.05) is 145 Å². The summed E-state index contributed by atoms with van der Waals surface area (Å²) in [6, 6.07) is 65.0. The first-order valence-electron chi connectivity index (χ1n) is 20.4. The van der Waals surface area contributed by atoms with E-state index in [4.69, 9.17) is 16.5 Å². The van der Waals surface area contributed by atoms with Gasteiger partial charge in [0.2, 0.25) is 0 Å². The molecule has 8 aromatic carbocycles. The normalized spacial score (nSPS) is 11.1. The van der Waals surface area contributed by atoms with Crippen molar-refractivity contribution in [3.05, 3.63) is 216 Å². The molecule has 292 valence electrons. The standard InChI is InChI=1S/C56H36FN5/c1-36-17-27-46(44(29-36)34-57)42-24-28-54-50(30-42)47-15-9-10-16-53(47)62(54)55-48(38-20-18-37(35-58)19-21-38)31-43(32-49(55)39-22-25-45(59-2)26-23-39)56-60-51(40-11-5-3-6-12-40)33-52(61-56)41-13-7-4-8-14-41/h3-33H,34H2,1H3. The molecule has 0 bridgehead atoms. The maximum atomic E-state index is 14.5. The van der Waals surface area contributed by atoms with Crippen LogP contribution in [0.15, 0.2) is 188 Å². The number of rotatable bonds is 8. The van der Waals surface area contributed by atoms with Crippen molar-refractivity contribution < 1.29 is 4.39 Å². The second kappa shape index (κ2) is 16.0. The fourth-order valence-corrected chi connectivity index (χ4v) is 8.47. The Morgan fingerprint density at radius 2 is 1.13 bits per heavy atom. The summed E-state index contributed by atoms with van der Waals surface area (Å²) in [5.41, 5.74) is 15.4. The van der Waals surface area contributed by atoms with E-state index >= 15 is 0 Å². The van der Waals surface area contributed by atoms with Crippen molar-refractivity contribution in [1.29, 1.82) is 5.26 Å². The van der Waals surface area contributed by atoms with Gasteiger partial charge < -0.3 is 4.57 Å². The highest BCUT2D eigenvalue weighted by Crippen LogP contribution is 2.45. The minimum absolute atomic E-state index is 0.540. The van der Waals surface area contributed by atoms with E-state index in [2.05, 4.69) is 82.2 Å². The number of nitrogens with zero attached hydrogens (tertiary/aromatic N) is 5. The summed E-state index contributed by atoms with van der Waals surface area (Å²) in [7, 11) is 0. The van der Waals surface area contributed by atoms with Crippen molar-refractivity contribution in [3.63, 3.8) is 0 Å². The van der Waals surface area contributed by atoms with Crippen LogP contribution in [0, 0.1) is 24.8 Å². The van der Waals surface area contributed by atoms with Crippen LogP contribution in [-0.2, 0) is 6.67 Å². The molecule has 10 rings (SSSR count). The smallest absolute Gasteiger partial charge is 0.187 e. The minimum Gasteiger partial charge on any atom is -0.308 e. The van der Waals surface area contributed by atoms with Gasteiger partial charge in [-0.15, -0.1) is 0 Å². The largest absolute Gasteiger partial charge is 0.308 e. The maximum Gasteiger partial charge on any atom is 0.187 e. The average Bonchev–Trinajstić information content (AvgIpc) is 3.67. The number of hydrogen-bond acceptors (Lipinski definition) is 3. The molecular formula is C56H36FN5. The number of aromatic nitrogens is 3. The maximum absolute atomic E-state index is 14.5. The topological polar surface area (TPSA) is 58.9 Å². The van der Waals surface area contributed by atoms with Gasteiger partial charge in [0.15, 0.2) is 11.5 Å². The molecule has 10 aromatic rings. The molecule has 0 aliphatic carbocycles. The molecular weight excluding hydrogens is 762 g/mol. The second-order valence-electron chi connectivity index (χ2n) is 15.3. The van der Waals surface area contributed by atoms with Crippen molar-refractivity contribution in [2.75, 3.05) is 0 Å². The van der Waals surface area contributed by atoms with E-state index < -0.39 is 6.67 Å². The Bertz CT molecular complexity index is 3260. The highest BCUT2D eigenvalue weighted by Gasteiger charge is 2.23. The Morgan fingerprint density at radius 1 is 0.548 bits per heavy atom. The van der Waals surface area contributed by atoms with Gasteiger partial charge in [0.1, 0.15) is 6.67 Å². The van der Waals surface area contributed by atoms with Gasteiger partial charge >= 0.3 is 0 Å². The molecule has 0 atom stereocenters. The van der Waals surface area contributed by atoms with Crippen molar-refractivity contribution in [3.8, 4) is 79.0 Å². The number of nitriles is 1. The quantitative estimate of drug-likeness (QED) is 0.144. The van der Waals surface area contributed by atoms with Crippen molar-refractivity contribution >= 4 is 27.5 Å². The molecule has 0 fully saturated rings. The first-order valence-corrected chi connectivity index (χ1v) is 20.4. The van der Waals surface area contributed by atoms with E-state index in [0.29, 0.717) is 22.6 Å². The zero-order chi connectivity index (χ0) is 42.2. The van der Waals surface area contributed by atoms with Crippen LogP contribution < -0.4 is 0 Å². The Kier molecular flexibility index (Phi) is 9.73. The Labute approximate surface area is 359 Å². The summed E-state index contributed by atoms with van der Waals surface area (Å²) in [5, 5.41) is 11.9. The highest BCUT2D eigenvalue weighted by molar-refractivity contribution is 6.12. The van der Waals surface area contributed by atoms with Crippen molar-refractivity contribution in [1.82, 2.24) is 14.5 Å². The third kappa shape index (κ3) is 6.86. The van der Waals surface area contributed by atoms with E-state index in [1.165, 1.54) is 0 Å². The summed E-state index contributed by atoms with van der Waals surface area (Å²) < 4.78 is 16.8. The molecule has 0 radical (unpaired) electrons. The molecule has 5 nitrogen and oxygen atoms in total. The van der Waals surface area contributed by atoms with E-state index in [1.807, 2.05) is 128 Å². The zero-order valence-electron chi connectivity index (χ0n) is 33.7. The fraction of sp³-hybridized carbons (Fsp3) is 0.0357. The fourth-order valence-electron chi connectivity index (χ4n) is 8.47. The summed E-state index contributed by atoms with van der Waals surface area (Å²) >= 11 is 0. The van der Waals surface area contributed by atoms with E-state index in [9.17, 15) is 9.65 Å². The molecule has 6 heteroatoms. The number of fused-ring (bicyclic) bond motifs is 3. The zero-order valence-corrected chi connectivity index (χ0v) is 33.7. The number of benzene rings is 8. The van der Waals surface area contributed by atoms with E-state index in [1.54, 1.807) is 0 Å². The molecule has 0 N–H and O–H groups in total. The van der Waals surface area contributed by atoms with Gasteiger partial charge in [-0.3, -0.25) is 0 Å². The summed E-state index contributed by atoms with van der Waals surface area (Å²) in [6.07, 6.45) is 0. The van der Waals surface area contributed by atoms with Crippen LogP contribution in [0.1, 0.15) is 16.7 Å². The Morgan fingerprint density at radius 3 is 1.74 bits per heavy atom. The van der Waals surface area contributed by atoms with Crippen LogP contribution in [0.4, 0.5) is 10.1 Å². The van der Waals surface area contributed by atoms with Crippen LogP contribution in [-0.4, -0.2) is 14.5 Å². The molecule has 0 saturated heterocycles. The molecule has 0 aliphatic heterocycles. The predicted molar refractivity (Wildman–Crippen MR) is 250 cm³/mol. The molecule has 0 saturated carbocycles. The number of halogens is 1. The lowest BCUT2D eigenvalue weighted by Gasteiger charge is -2.21. The van der Waals surface area contributed by atoms with Crippen LogP contribution in [0.3, 0.4) is 0 Å². The lowest BCUT2D eigenvalue weighted by atomic mass is 9.92. The molecule has 0 amide bonds. The van der Waals surface area contributed by atoms with Gasteiger partial charge in [-0.2, -0.15) is 5.26 Å². The minimum atomic E-state index is -0.558. The first kappa shape index (κ1) is 37.8. The number of para-hydroxylation sites is 1. The lowest BCUT2D eigenvalue weighted by Crippen LogP contribution is -2.03. The summed E-state index contributed by atoms with van der Waals surface area (Å²) in [6.45, 7) is 9.17. The van der Waals surface area contributed by atoms with Gasteiger partial charge in [0, 0.05) is 38.6 Å².